The van der Waals surface area contributed by atoms with E-state index in [-0.39, 0.29) is 0 Å². The molecule has 0 saturated heterocycles. The van der Waals surface area contributed by atoms with Crippen LogP contribution in [0.15, 0.2) is 192 Å². The molecule has 8 aromatic carbocycles. The molecule has 0 bridgehead atoms. The monoisotopic (exact) mass is 613 g/mol. The van der Waals surface area contributed by atoms with E-state index in [2.05, 4.69) is 175 Å². The van der Waals surface area contributed by atoms with Crippen molar-refractivity contribution in [3.05, 3.63) is 188 Å². The normalized spacial score (nSPS) is 11.3. The summed E-state index contributed by atoms with van der Waals surface area (Å²) < 4.78 is 6.28. The zero-order valence-electron chi connectivity index (χ0n) is 26.3. The van der Waals surface area contributed by atoms with Crippen molar-refractivity contribution in [2.75, 3.05) is 4.90 Å². The second-order valence-electron chi connectivity index (χ2n) is 12.2. The minimum atomic E-state index is 0.859. The van der Waals surface area contributed by atoms with Crippen LogP contribution in [0.3, 0.4) is 0 Å². The number of furan rings is 1. The number of fused-ring (bicyclic) bond motifs is 3. The van der Waals surface area contributed by atoms with Gasteiger partial charge in [0.25, 0.3) is 0 Å². The van der Waals surface area contributed by atoms with Gasteiger partial charge in [-0.1, -0.05) is 140 Å². The Morgan fingerprint density at radius 2 is 0.979 bits per heavy atom. The van der Waals surface area contributed by atoms with Crippen LogP contribution in [-0.2, 0) is 0 Å². The average Bonchev–Trinajstić information content (AvgIpc) is 3.60. The van der Waals surface area contributed by atoms with Gasteiger partial charge in [-0.25, -0.2) is 0 Å². The Morgan fingerprint density at radius 1 is 0.354 bits per heavy atom. The van der Waals surface area contributed by atoms with Gasteiger partial charge in [0.15, 0.2) is 0 Å². The van der Waals surface area contributed by atoms with Crippen LogP contribution in [0.1, 0.15) is 0 Å². The summed E-state index contributed by atoms with van der Waals surface area (Å²) in [7, 11) is 0. The van der Waals surface area contributed by atoms with Gasteiger partial charge in [-0.2, -0.15) is 0 Å². The van der Waals surface area contributed by atoms with Crippen LogP contribution < -0.4 is 4.90 Å². The smallest absolute Gasteiger partial charge is 0.135 e. The first-order chi connectivity index (χ1) is 23.8. The van der Waals surface area contributed by atoms with Crippen LogP contribution in [-0.4, -0.2) is 0 Å². The quantitative estimate of drug-likeness (QED) is 0.185. The molecule has 1 heterocycles. The highest BCUT2D eigenvalue weighted by Crippen LogP contribution is 2.41. The maximum absolute atomic E-state index is 6.28. The molecule has 0 spiro atoms. The van der Waals surface area contributed by atoms with E-state index in [1.165, 1.54) is 43.8 Å². The number of hydrogen-bond donors (Lipinski definition) is 0. The fraction of sp³-hybridized carbons (Fsp3) is 0. The fourth-order valence-corrected chi connectivity index (χ4v) is 6.90. The average molecular weight is 614 g/mol. The van der Waals surface area contributed by atoms with Gasteiger partial charge >= 0.3 is 0 Å². The Morgan fingerprint density at radius 3 is 1.81 bits per heavy atom. The lowest BCUT2D eigenvalue weighted by atomic mass is 9.95. The Labute approximate surface area is 279 Å². The molecule has 1 aromatic heterocycles. The molecule has 226 valence electrons. The number of rotatable bonds is 6. The van der Waals surface area contributed by atoms with Crippen molar-refractivity contribution >= 4 is 49.6 Å². The van der Waals surface area contributed by atoms with Gasteiger partial charge in [-0.15, -0.1) is 0 Å². The van der Waals surface area contributed by atoms with E-state index >= 15 is 0 Å². The first-order valence-electron chi connectivity index (χ1n) is 16.3. The number of benzene rings is 8. The Hall–Kier alpha value is -6.38. The molecule has 0 atom stereocenters. The highest BCUT2D eigenvalue weighted by molar-refractivity contribution is 6.00. The topological polar surface area (TPSA) is 16.4 Å². The van der Waals surface area contributed by atoms with Crippen LogP contribution in [0.2, 0.25) is 0 Å². The lowest BCUT2D eigenvalue weighted by molar-refractivity contribution is 0.631. The molecule has 2 heteroatoms. The van der Waals surface area contributed by atoms with Crippen LogP contribution in [0.25, 0.3) is 66.1 Å². The van der Waals surface area contributed by atoms with E-state index in [1.54, 1.807) is 0 Å². The molecule has 9 rings (SSSR count). The van der Waals surface area contributed by atoms with Crippen LogP contribution in [0.5, 0.6) is 0 Å². The van der Waals surface area contributed by atoms with E-state index < -0.39 is 0 Å². The van der Waals surface area contributed by atoms with Crippen molar-refractivity contribution in [2.24, 2.45) is 0 Å². The van der Waals surface area contributed by atoms with Gasteiger partial charge < -0.3 is 9.32 Å². The summed E-state index contributed by atoms with van der Waals surface area (Å²) in [5.41, 5.74) is 10.0. The lowest BCUT2D eigenvalue weighted by Crippen LogP contribution is -2.10. The molecule has 0 radical (unpaired) electrons. The second-order valence-corrected chi connectivity index (χ2v) is 12.2. The SMILES string of the molecule is c1cc(-c2ccc(N(c3cccc(-c4cc5ccccc5o4)c3)c3cccc4ccccc34)cc2)cc(-c2cccc3ccccc23)c1. The third-order valence-corrected chi connectivity index (χ3v) is 9.24. The highest BCUT2D eigenvalue weighted by atomic mass is 16.3. The summed E-state index contributed by atoms with van der Waals surface area (Å²) in [5.74, 6) is 0.859. The van der Waals surface area contributed by atoms with Gasteiger partial charge in [-0.3, -0.25) is 0 Å². The van der Waals surface area contributed by atoms with Crippen molar-refractivity contribution in [1.29, 1.82) is 0 Å². The lowest BCUT2D eigenvalue weighted by Gasteiger charge is -2.27. The van der Waals surface area contributed by atoms with Crippen molar-refractivity contribution in [3.8, 4) is 33.6 Å². The summed E-state index contributed by atoms with van der Waals surface area (Å²) in [5, 5.41) is 6.02. The number of anilines is 3. The molecule has 0 amide bonds. The summed E-state index contributed by atoms with van der Waals surface area (Å²) in [4.78, 5) is 2.35. The largest absolute Gasteiger partial charge is 0.456 e. The van der Waals surface area contributed by atoms with Gasteiger partial charge in [0.05, 0.1) is 5.69 Å². The summed E-state index contributed by atoms with van der Waals surface area (Å²) in [6.07, 6.45) is 0. The molecule has 48 heavy (non-hydrogen) atoms. The molecule has 9 aromatic rings. The Balaban J connectivity index is 1.14. The number of nitrogens with zero attached hydrogens (tertiary/aromatic N) is 1. The van der Waals surface area contributed by atoms with Crippen molar-refractivity contribution in [3.63, 3.8) is 0 Å². The molecule has 0 aliphatic carbocycles. The molecule has 0 fully saturated rings. The van der Waals surface area contributed by atoms with E-state index in [9.17, 15) is 0 Å². The predicted molar refractivity (Wildman–Crippen MR) is 202 cm³/mol. The maximum atomic E-state index is 6.28. The minimum absolute atomic E-state index is 0.859. The third kappa shape index (κ3) is 5.01. The van der Waals surface area contributed by atoms with Gasteiger partial charge in [0.2, 0.25) is 0 Å². The molecule has 0 N–H and O–H groups in total. The summed E-state index contributed by atoms with van der Waals surface area (Å²) in [6, 6.07) is 67.0. The van der Waals surface area contributed by atoms with E-state index in [4.69, 9.17) is 4.42 Å². The van der Waals surface area contributed by atoms with Gasteiger partial charge in [-0.05, 0) is 86.9 Å². The van der Waals surface area contributed by atoms with Crippen LogP contribution in [0.4, 0.5) is 17.1 Å². The molecule has 0 saturated carbocycles. The van der Waals surface area contributed by atoms with Crippen molar-refractivity contribution in [2.45, 2.75) is 0 Å². The molecular formula is C46H31NO. The summed E-state index contributed by atoms with van der Waals surface area (Å²) in [6.45, 7) is 0. The summed E-state index contributed by atoms with van der Waals surface area (Å²) >= 11 is 0. The van der Waals surface area contributed by atoms with E-state index in [0.29, 0.717) is 0 Å². The number of hydrogen-bond acceptors (Lipinski definition) is 2. The fourth-order valence-electron chi connectivity index (χ4n) is 6.90. The number of para-hydroxylation sites is 1. The molecular weight excluding hydrogens is 583 g/mol. The first-order valence-corrected chi connectivity index (χ1v) is 16.3. The zero-order chi connectivity index (χ0) is 31.9. The van der Waals surface area contributed by atoms with Gasteiger partial charge in [0, 0.05) is 27.7 Å². The Kier molecular flexibility index (Phi) is 6.84. The minimum Gasteiger partial charge on any atom is -0.456 e. The second kappa shape index (κ2) is 11.8. The zero-order valence-corrected chi connectivity index (χ0v) is 26.3. The molecule has 2 nitrogen and oxygen atoms in total. The van der Waals surface area contributed by atoms with Crippen molar-refractivity contribution < 1.29 is 4.42 Å². The van der Waals surface area contributed by atoms with E-state index in [1.807, 2.05) is 18.2 Å². The third-order valence-electron chi connectivity index (χ3n) is 9.24. The van der Waals surface area contributed by atoms with Crippen molar-refractivity contribution in [1.82, 2.24) is 0 Å². The standard InChI is InChI=1S/C46H31NO/c1-4-20-41-33(11-1)14-9-22-42(41)36-17-7-16-35(29-36)32-25-27-39(28-26-32)47(44-23-10-15-34-12-2-5-21-43(34)44)40-19-8-18-37(30-40)46-31-38-13-3-6-24-45(38)48-46/h1-31H. The van der Waals surface area contributed by atoms with Crippen LogP contribution >= 0.6 is 0 Å². The molecule has 0 aliphatic rings. The maximum Gasteiger partial charge on any atom is 0.135 e. The highest BCUT2D eigenvalue weighted by Gasteiger charge is 2.17. The van der Waals surface area contributed by atoms with E-state index in [0.717, 1.165) is 39.4 Å². The predicted octanol–water partition coefficient (Wildman–Crippen LogP) is 13.2. The molecule has 0 unspecified atom stereocenters. The first kappa shape index (κ1) is 27.9. The van der Waals surface area contributed by atoms with Crippen LogP contribution in [0, 0.1) is 0 Å². The Bertz CT molecular complexity index is 2530. The van der Waals surface area contributed by atoms with Gasteiger partial charge in [0.1, 0.15) is 11.3 Å². The molecule has 0 aliphatic heterocycles.